The van der Waals surface area contributed by atoms with Gasteiger partial charge in [0.2, 0.25) is 0 Å². The van der Waals surface area contributed by atoms with Crippen molar-refractivity contribution < 1.29 is 13.9 Å². The van der Waals surface area contributed by atoms with Crippen LogP contribution in [0.3, 0.4) is 0 Å². The molecule has 5 heteroatoms. The maximum absolute atomic E-state index is 13.3. The van der Waals surface area contributed by atoms with Crippen LogP contribution in [0.5, 0.6) is 0 Å². The summed E-state index contributed by atoms with van der Waals surface area (Å²) < 4.78 is 17.6. The van der Waals surface area contributed by atoms with E-state index in [1.54, 1.807) is 6.07 Å². The summed E-state index contributed by atoms with van der Waals surface area (Å²) in [6.07, 6.45) is 0. The molecule has 0 unspecified atom stereocenters. The summed E-state index contributed by atoms with van der Waals surface area (Å²) in [7, 11) is 1.10. The van der Waals surface area contributed by atoms with Gasteiger partial charge in [0, 0.05) is 0 Å². The zero-order valence-corrected chi connectivity index (χ0v) is 7.37. The minimum Gasteiger partial charge on any atom is -0.465 e. The lowest BCUT2D eigenvalue weighted by atomic mass is 10.1. The number of hydrogen-bond donors (Lipinski definition) is 1. The largest absolute Gasteiger partial charge is 0.465 e. The SMILES string of the molecule is COC(=O)c1c(C#N)ccc(N)c1F. The lowest BCUT2D eigenvalue weighted by molar-refractivity contribution is 0.0595. The molecule has 72 valence electrons. The van der Waals surface area contributed by atoms with E-state index in [4.69, 9.17) is 11.0 Å². The molecule has 0 saturated heterocycles. The maximum Gasteiger partial charge on any atom is 0.342 e. The minimum atomic E-state index is -0.920. The molecule has 0 aliphatic rings. The monoisotopic (exact) mass is 194 g/mol. The first-order chi connectivity index (χ1) is 6.61. The molecule has 0 amide bonds. The number of nitrogens with two attached hydrogens (primary N) is 1. The summed E-state index contributed by atoms with van der Waals surface area (Å²) in [4.78, 5) is 11.1. The van der Waals surface area contributed by atoms with Crippen molar-refractivity contribution in [2.45, 2.75) is 0 Å². The van der Waals surface area contributed by atoms with Crippen molar-refractivity contribution in [3.63, 3.8) is 0 Å². The minimum absolute atomic E-state index is 0.0939. The molecule has 0 aliphatic carbocycles. The second-order valence-electron chi connectivity index (χ2n) is 2.49. The molecule has 1 aromatic rings. The normalized spacial score (nSPS) is 9.21. The number of ether oxygens (including phenoxy) is 1. The predicted molar refractivity (Wildman–Crippen MR) is 46.9 cm³/mol. The Bertz CT molecular complexity index is 424. The third-order valence-electron chi connectivity index (χ3n) is 1.68. The van der Waals surface area contributed by atoms with Gasteiger partial charge in [0.15, 0.2) is 5.82 Å². The number of nitrogens with zero attached hydrogens (tertiary/aromatic N) is 1. The average Bonchev–Trinajstić information content (AvgIpc) is 2.20. The van der Waals surface area contributed by atoms with Gasteiger partial charge in [-0.05, 0) is 12.1 Å². The Morgan fingerprint density at radius 1 is 1.64 bits per heavy atom. The van der Waals surface area contributed by atoms with E-state index in [-0.39, 0.29) is 11.3 Å². The third-order valence-corrected chi connectivity index (χ3v) is 1.68. The van der Waals surface area contributed by atoms with Gasteiger partial charge in [0.05, 0.1) is 18.4 Å². The number of benzene rings is 1. The number of carbonyl (C=O) groups excluding carboxylic acids is 1. The molecule has 0 aromatic heterocycles. The predicted octanol–water partition coefficient (Wildman–Crippen LogP) is 1.07. The number of halogens is 1. The van der Waals surface area contributed by atoms with Gasteiger partial charge in [-0.15, -0.1) is 0 Å². The molecule has 0 spiro atoms. The van der Waals surface area contributed by atoms with Crippen LogP contribution in [0.1, 0.15) is 15.9 Å². The lowest BCUT2D eigenvalue weighted by Crippen LogP contribution is -2.09. The molecule has 0 bridgehead atoms. The molecular formula is C9H7FN2O2. The van der Waals surface area contributed by atoms with Crippen LogP contribution < -0.4 is 5.73 Å². The van der Waals surface area contributed by atoms with Crippen LogP contribution in [-0.2, 0) is 4.74 Å². The Hall–Kier alpha value is -2.09. The van der Waals surface area contributed by atoms with Gasteiger partial charge < -0.3 is 10.5 Å². The van der Waals surface area contributed by atoms with Crippen LogP contribution in [0.2, 0.25) is 0 Å². The van der Waals surface area contributed by atoms with Crippen molar-refractivity contribution in [1.29, 1.82) is 5.26 Å². The third kappa shape index (κ3) is 1.50. The number of nitriles is 1. The number of hydrogen-bond acceptors (Lipinski definition) is 4. The quantitative estimate of drug-likeness (QED) is 0.535. The molecule has 0 fully saturated rings. The molecule has 2 N–H and O–H groups in total. The van der Waals surface area contributed by atoms with Crippen molar-refractivity contribution in [2.75, 3.05) is 12.8 Å². The molecule has 0 heterocycles. The van der Waals surface area contributed by atoms with Crippen molar-refractivity contribution in [1.82, 2.24) is 0 Å². The highest BCUT2D eigenvalue weighted by Gasteiger charge is 2.19. The van der Waals surface area contributed by atoms with Crippen LogP contribution in [0.4, 0.5) is 10.1 Å². The fourth-order valence-electron chi connectivity index (χ4n) is 0.987. The Morgan fingerprint density at radius 2 is 2.29 bits per heavy atom. The molecule has 4 nitrogen and oxygen atoms in total. The Labute approximate surface area is 79.7 Å². The molecule has 0 aliphatic heterocycles. The zero-order chi connectivity index (χ0) is 10.7. The maximum atomic E-state index is 13.3. The number of carbonyl (C=O) groups is 1. The molecule has 1 aromatic carbocycles. The summed E-state index contributed by atoms with van der Waals surface area (Å²) in [5.41, 5.74) is 4.54. The second kappa shape index (κ2) is 3.75. The first kappa shape index (κ1) is 9.99. The van der Waals surface area contributed by atoms with Crippen LogP contribution in [0.15, 0.2) is 12.1 Å². The summed E-state index contributed by atoms with van der Waals surface area (Å²) in [6, 6.07) is 4.17. The van der Waals surface area contributed by atoms with E-state index in [9.17, 15) is 9.18 Å². The fourth-order valence-corrected chi connectivity index (χ4v) is 0.987. The summed E-state index contributed by atoms with van der Waals surface area (Å²) in [5.74, 6) is -1.83. The Morgan fingerprint density at radius 3 is 2.79 bits per heavy atom. The van der Waals surface area contributed by atoms with E-state index in [1.807, 2.05) is 0 Å². The molecular weight excluding hydrogens is 187 g/mol. The number of esters is 1. The van der Waals surface area contributed by atoms with Crippen LogP contribution in [-0.4, -0.2) is 13.1 Å². The molecule has 0 atom stereocenters. The zero-order valence-electron chi connectivity index (χ0n) is 7.37. The van der Waals surface area contributed by atoms with Crippen LogP contribution >= 0.6 is 0 Å². The van der Waals surface area contributed by atoms with Gasteiger partial charge in [-0.1, -0.05) is 0 Å². The van der Waals surface area contributed by atoms with E-state index in [1.165, 1.54) is 12.1 Å². The van der Waals surface area contributed by atoms with Gasteiger partial charge in [-0.3, -0.25) is 0 Å². The Kier molecular flexibility index (Phi) is 2.67. The highest BCUT2D eigenvalue weighted by atomic mass is 19.1. The number of methoxy groups -OCH3 is 1. The molecule has 0 saturated carbocycles. The fraction of sp³-hybridized carbons (Fsp3) is 0.111. The van der Waals surface area contributed by atoms with Crippen LogP contribution in [0, 0.1) is 17.1 Å². The summed E-state index contributed by atoms with van der Waals surface area (Å²) in [5, 5.41) is 8.61. The van der Waals surface area contributed by atoms with E-state index >= 15 is 0 Å². The van der Waals surface area contributed by atoms with E-state index in [2.05, 4.69) is 4.74 Å². The molecule has 14 heavy (non-hydrogen) atoms. The molecule has 0 radical (unpaired) electrons. The van der Waals surface area contributed by atoms with E-state index in [0.29, 0.717) is 0 Å². The van der Waals surface area contributed by atoms with Gasteiger partial charge in [0.1, 0.15) is 11.6 Å². The van der Waals surface area contributed by atoms with Crippen molar-refractivity contribution >= 4 is 11.7 Å². The topological polar surface area (TPSA) is 76.1 Å². The van der Waals surface area contributed by atoms with Gasteiger partial charge >= 0.3 is 5.97 Å². The van der Waals surface area contributed by atoms with Crippen molar-refractivity contribution in [3.8, 4) is 6.07 Å². The number of nitrogen functional groups attached to an aromatic ring is 1. The van der Waals surface area contributed by atoms with E-state index < -0.39 is 17.3 Å². The van der Waals surface area contributed by atoms with Crippen LogP contribution in [0.25, 0.3) is 0 Å². The first-order valence-electron chi connectivity index (χ1n) is 3.68. The van der Waals surface area contributed by atoms with Gasteiger partial charge in [0.25, 0.3) is 0 Å². The number of rotatable bonds is 1. The van der Waals surface area contributed by atoms with Gasteiger partial charge in [-0.2, -0.15) is 5.26 Å². The smallest absolute Gasteiger partial charge is 0.342 e. The lowest BCUT2D eigenvalue weighted by Gasteiger charge is -2.04. The summed E-state index contributed by atoms with van der Waals surface area (Å²) >= 11 is 0. The average molecular weight is 194 g/mol. The first-order valence-corrected chi connectivity index (χ1v) is 3.68. The van der Waals surface area contributed by atoms with Crippen molar-refractivity contribution in [2.24, 2.45) is 0 Å². The van der Waals surface area contributed by atoms with Crippen molar-refractivity contribution in [3.05, 3.63) is 29.1 Å². The summed E-state index contributed by atoms with van der Waals surface area (Å²) in [6.45, 7) is 0. The standard InChI is InChI=1S/C9H7FN2O2/c1-14-9(13)7-5(4-11)2-3-6(12)8(7)10/h2-3H,12H2,1H3. The van der Waals surface area contributed by atoms with E-state index in [0.717, 1.165) is 7.11 Å². The molecule has 1 rings (SSSR count). The highest BCUT2D eigenvalue weighted by molar-refractivity contribution is 5.93. The van der Waals surface area contributed by atoms with Gasteiger partial charge in [-0.25, -0.2) is 9.18 Å². The second-order valence-corrected chi connectivity index (χ2v) is 2.49. The Balaban J connectivity index is 3.45. The number of anilines is 1. The highest BCUT2D eigenvalue weighted by Crippen LogP contribution is 2.19.